The van der Waals surface area contributed by atoms with Gasteiger partial charge in [-0.2, -0.15) is 14.0 Å². The van der Waals surface area contributed by atoms with E-state index in [1.807, 2.05) is 4.68 Å². The summed E-state index contributed by atoms with van der Waals surface area (Å²) < 4.78 is 46.3. The van der Waals surface area contributed by atoms with Crippen LogP contribution in [0.15, 0.2) is 34.9 Å². The highest BCUT2D eigenvalue weighted by molar-refractivity contribution is 7.80. The van der Waals surface area contributed by atoms with Crippen LogP contribution in [-0.4, -0.2) is 98.3 Å². The van der Waals surface area contributed by atoms with Gasteiger partial charge in [-0.1, -0.05) is 5.16 Å². The molecule has 3 atom stereocenters. The number of ether oxygens (including phenoxy) is 1. The Labute approximate surface area is 259 Å². The molecule has 0 radical (unpaired) electrons. The Morgan fingerprint density at radius 1 is 1.36 bits per heavy atom. The van der Waals surface area contributed by atoms with E-state index in [9.17, 15) is 37.6 Å². The van der Waals surface area contributed by atoms with Crippen LogP contribution < -0.4 is 26.2 Å². The van der Waals surface area contributed by atoms with E-state index in [1.54, 1.807) is 36.1 Å². The Balaban J connectivity index is 1.49. The van der Waals surface area contributed by atoms with Crippen molar-refractivity contribution in [3.8, 4) is 5.75 Å². The number of aliphatic hydroxyl groups is 1. The molecule has 7 N–H and O–H groups in total. The number of benzene rings is 1. The molecule has 2 unspecified atom stereocenters. The van der Waals surface area contributed by atoms with Crippen LogP contribution in [0.1, 0.15) is 19.5 Å². The second-order valence-electron chi connectivity index (χ2n) is 10.3. The first-order chi connectivity index (χ1) is 21.0. The predicted molar refractivity (Wildman–Crippen MR) is 153 cm³/mol. The average molecular weight is 671 g/mol. The minimum Gasteiger partial charge on any atom is -0.724 e. The Morgan fingerprint density at radius 2 is 2.07 bits per heavy atom. The number of thiazole rings is 1. The van der Waals surface area contributed by atoms with Crippen molar-refractivity contribution in [2.24, 2.45) is 17.9 Å². The first kappa shape index (κ1) is 33.5. The number of β-lactam (4-membered cyclic amide) rings is 1. The molecule has 2 amide bonds. The quantitative estimate of drug-likeness (QED) is 0.0298. The van der Waals surface area contributed by atoms with E-state index in [0.29, 0.717) is 10.8 Å². The van der Waals surface area contributed by atoms with E-state index in [0.717, 1.165) is 22.2 Å². The normalized spacial score (nSPS) is 17.9. The maximum atomic E-state index is 13.2. The summed E-state index contributed by atoms with van der Waals surface area (Å²) in [4.78, 5) is 46.7. The Hall–Kier alpha value is -4.41. The third-order valence-electron chi connectivity index (χ3n) is 6.74. The van der Waals surface area contributed by atoms with E-state index in [2.05, 4.69) is 19.7 Å². The summed E-state index contributed by atoms with van der Waals surface area (Å²) in [5.41, 5.74) is 9.85. The molecule has 3 aromatic rings. The van der Waals surface area contributed by atoms with Gasteiger partial charge in [0, 0.05) is 18.0 Å². The zero-order valence-electron chi connectivity index (χ0n) is 24.0. The summed E-state index contributed by atoms with van der Waals surface area (Å²) >= 11 is 0.941. The van der Waals surface area contributed by atoms with Gasteiger partial charge in [-0.05, 0) is 26.0 Å². The third-order valence-corrected chi connectivity index (χ3v) is 7.74. The fraction of sp³-hybridized carbons (Fsp3) is 0.417. The Kier molecular flexibility index (Phi) is 9.60. The minimum atomic E-state index is -5.27. The molecule has 0 spiro atoms. The number of rotatable bonds is 14. The number of aliphatic hydroxyl groups excluding tert-OH is 1. The van der Waals surface area contributed by atoms with Crippen LogP contribution in [0, 0.1) is 0 Å². The highest BCUT2D eigenvalue weighted by Gasteiger charge is 2.57. The predicted octanol–water partition coefficient (Wildman–Crippen LogP) is -2.43. The highest BCUT2D eigenvalue weighted by atomic mass is 32.3. The maximum Gasteiger partial charge on any atom is 0.351 e. The van der Waals surface area contributed by atoms with Gasteiger partial charge in [0.05, 0.1) is 23.2 Å². The number of carboxylic acids is 1. The molecular weight excluding hydrogens is 640 g/mol. The first-order valence-corrected chi connectivity index (χ1v) is 15.2. The molecule has 19 nitrogen and oxygen atoms in total. The lowest BCUT2D eigenvalue weighted by Gasteiger charge is -2.51. The molecule has 1 aliphatic heterocycles. The van der Waals surface area contributed by atoms with E-state index in [-0.39, 0.29) is 23.9 Å². The lowest BCUT2D eigenvalue weighted by molar-refractivity contribution is -0.731. The monoisotopic (exact) mass is 670 g/mol. The smallest absolute Gasteiger partial charge is 0.351 e. The van der Waals surface area contributed by atoms with Gasteiger partial charge in [0.25, 0.3) is 17.9 Å². The van der Waals surface area contributed by atoms with E-state index >= 15 is 0 Å². The van der Waals surface area contributed by atoms with Gasteiger partial charge in [-0.15, -0.1) is 16.0 Å². The van der Waals surface area contributed by atoms with Crippen molar-refractivity contribution in [3.63, 3.8) is 0 Å². The molecule has 4 rings (SSSR count). The number of nitrogen functional groups attached to an aromatic ring is 1. The number of amides is 2. The molecule has 1 saturated heterocycles. The number of aryl methyl sites for hydroxylation is 1. The van der Waals surface area contributed by atoms with Gasteiger partial charge in [-0.25, -0.2) is 18.2 Å². The largest absolute Gasteiger partial charge is 0.724 e. The number of hydrogen-bond donors (Lipinski definition) is 5. The van der Waals surface area contributed by atoms with Crippen LogP contribution in [0.3, 0.4) is 0 Å². The van der Waals surface area contributed by atoms with Crippen molar-refractivity contribution in [3.05, 3.63) is 35.5 Å². The van der Waals surface area contributed by atoms with Crippen molar-refractivity contribution < 1.29 is 56.1 Å². The van der Waals surface area contributed by atoms with Crippen LogP contribution in [0.4, 0.5) is 5.13 Å². The molecule has 1 aromatic carbocycles. The number of aromatic nitrogens is 3. The van der Waals surface area contributed by atoms with Crippen molar-refractivity contribution in [1.29, 1.82) is 0 Å². The lowest BCUT2D eigenvalue weighted by Crippen LogP contribution is -2.76. The topological polar surface area (TPSA) is 278 Å². The SMILES string of the molecule is C[n+]1c2ccc(OC[C@H](O/N=C(\C(=O)NC3C(=O)N(OS(=O)(=O)[O-])C3(C)C)c3csc(N)n3)C(=O)O)cc2cn1CC(O)CN. The summed E-state index contributed by atoms with van der Waals surface area (Å²) in [5.74, 6) is -3.28. The number of carbonyl (C=O) groups excluding carboxylic acids is 2. The second-order valence-corrected chi connectivity index (χ2v) is 12.2. The number of anilines is 1. The van der Waals surface area contributed by atoms with Crippen molar-refractivity contribution in [2.45, 2.75) is 44.2 Å². The molecule has 1 aliphatic rings. The molecule has 45 heavy (non-hydrogen) atoms. The standard InChI is InChI=1S/C24H30N8O11S2/c1-24(2)19(21(35)32(24)43-45(38,39)40)28-20(34)18(15-11-44-23(26)27-15)29-42-17(22(36)37)10-41-14-4-5-16-12(6-14)8-31(30(16)3)9-13(33)7-25/h4-6,8,11,13,17,19,33H,7,9-10,25H2,1-3H3,(H4-,26,27,28,34,36,37,38,39,40)/b29-18-/t13?,17-,19?/m0/s1. The lowest BCUT2D eigenvalue weighted by atomic mass is 9.84. The third kappa shape index (κ3) is 7.46. The number of nitrogens with zero attached hydrogens (tertiary/aromatic N) is 5. The molecule has 0 saturated carbocycles. The number of fused-ring (bicyclic) bond motifs is 1. The van der Waals surface area contributed by atoms with Gasteiger partial charge in [-0.3, -0.25) is 9.59 Å². The van der Waals surface area contributed by atoms with E-state index < -0.39 is 64.3 Å². The summed E-state index contributed by atoms with van der Waals surface area (Å²) in [7, 11) is -3.48. The van der Waals surface area contributed by atoms with Gasteiger partial charge in [0.2, 0.25) is 15.9 Å². The summed E-state index contributed by atoms with van der Waals surface area (Å²) in [6, 6.07) is 3.63. The molecule has 244 valence electrons. The summed E-state index contributed by atoms with van der Waals surface area (Å²) in [5, 5.41) is 28.1. The van der Waals surface area contributed by atoms with E-state index in [4.69, 9.17) is 21.0 Å². The fourth-order valence-corrected chi connectivity index (χ4v) is 5.32. The van der Waals surface area contributed by atoms with Gasteiger partial charge < -0.3 is 41.1 Å². The number of carbonyl (C=O) groups is 3. The first-order valence-electron chi connectivity index (χ1n) is 13.0. The summed E-state index contributed by atoms with van der Waals surface area (Å²) in [6.07, 6.45) is -0.699. The van der Waals surface area contributed by atoms with Gasteiger partial charge >= 0.3 is 5.97 Å². The van der Waals surface area contributed by atoms with Crippen molar-refractivity contribution in [2.75, 3.05) is 18.9 Å². The van der Waals surface area contributed by atoms with Crippen molar-refractivity contribution >= 4 is 61.3 Å². The molecular formula is C24H30N8O11S2. The van der Waals surface area contributed by atoms with Crippen LogP contribution in [0.5, 0.6) is 5.75 Å². The average Bonchev–Trinajstić information content (AvgIpc) is 3.53. The minimum absolute atomic E-state index is 0.0408. The zero-order chi connectivity index (χ0) is 33.3. The molecule has 0 bridgehead atoms. The number of aliphatic carboxylic acids is 1. The molecule has 3 heterocycles. The Bertz CT molecular complexity index is 1750. The van der Waals surface area contributed by atoms with Crippen LogP contribution in [0.25, 0.3) is 10.9 Å². The van der Waals surface area contributed by atoms with Crippen molar-refractivity contribution in [1.82, 2.24) is 20.0 Å². The number of hydrogen-bond acceptors (Lipinski definition) is 15. The van der Waals surface area contributed by atoms with Gasteiger partial charge in [0.15, 0.2) is 17.9 Å². The molecule has 2 aromatic heterocycles. The van der Waals surface area contributed by atoms with Crippen LogP contribution in [0.2, 0.25) is 0 Å². The Morgan fingerprint density at radius 3 is 2.64 bits per heavy atom. The zero-order valence-corrected chi connectivity index (χ0v) is 25.6. The maximum absolute atomic E-state index is 13.2. The second kappa shape index (κ2) is 12.9. The molecule has 21 heteroatoms. The highest BCUT2D eigenvalue weighted by Crippen LogP contribution is 2.33. The number of nitrogens with two attached hydrogens (primary N) is 2. The fourth-order valence-electron chi connectivity index (χ4n) is 4.32. The molecule has 1 fully saturated rings. The molecule has 0 aliphatic carbocycles. The number of nitrogens with one attached hydrogen (secondary N) is 1. The number of oxime groups is 1. The number of hydroxylamine groups is 2. The van der Waals surface area contributed by atoms with Gasteiger partial charge in [0.1, 0.15) is 30.6 Å². The number of carboxylic acid groups (broad SMARTS) is 1. The van der Waals surface area contributed by atoms with E-state index in [1.165, 1.54) is 19.2 Å². The summed E-state index contributed by atoms with van der Waals surface area (Å²) in [6.45, 7) is 2.45. The van der Waals surface area contributed by atoms with Crippen LogP contribution in [-0.2, 0) is 47.5 Å². The van der Waals surface area contributed by atoms with Crippen LogP contribution >= 0.6 is 11.3 Å².